The van der Waals surface area contributed by atoms with Gasteiger partial charge in [-0.25, -0.2) is 0 Å². The van der Waals surface area contributed by atoms with Crippen LogP contribution in [0, 0.1) is 0 Å². The first kappa shape index (κ1) is 10.7. The summed E-state index contributed by atoms with van der Waals surface area (Å²) in [6.45, 7) is 2.04. The van der Waals surface area contributed by atoms with Gasteiger partial charge in [-0.3, -0.25) is 4.79 Å². The molecule has 0 amide bonds. The average Bonchev–Trinajstić information content (AvgIpc) is 2.25. The Bertz CT molecular complexity index is 307. The van der Waals surface area contributed by atoms with Crippen molar-refractivity contribution < 1.29 is 14.3 Å². The summed E-state index contributed by atoms with van der Waals surface area (Å²) in [6, 6.07) is 7.11. The zero-order valence-corrected chi connectivity index (χ0v) is 8.45. The maximum absolute atomic E-state index is 11.4. The third-order valence-electron chi connectivity index (χ3n) is 1.82. The molecule has 76 valence electrons. The minimum absolute atomic E-state index is 0.118. The molecule has 0 bridgehead atoms. The van der Waals surface area contributed by atoms with Crippen LogP contribution in [0.3, 0.4) is 0 Å². The molecular formula is C11H14O3. The number of carbonyl (C=O) groups excluding carboxylic acids is 1. The van der Waals surface area contributed by atoms with Crippen LogP contribution in [0.5, 0.6) is 5.75 Å². The van der Waals surface area contributed by atoms with Crippen LogP contribution >= 0.6 is 0 Å². The largest absolute Gasteiger partial charge is 0.468 e. The Labute approximate surface area is 83.6 Å². The Kier molecular flexibility index (Phi) is 4.13. The van der Waals surface area contributed by atoms with Crippen LogP contribution in [-0.4, -0.2) is 19.7 Å². The van der Waals surface area contributed by atoms with Gasteiger partial charge >= 0.3 is 0 Å². The van der Waals surface area contributed by atoms with E-state index in [4.69, 9.17) is 9.47 Å². The lowest BCUT2D eigenvalue weighted by atomic mass is 10.1. The number of benzene rings is 1. The number of ketones is 1. The zero-order chi connectivity index (χ0) is 10.4. The topological polar surface area (TPSA) is 35.5 Å². The molecule has 1 aromatic carbocycles. The summed E-state index contributed by atoms with van der Waals surface area (Å²) >= 11 is 0. The Balaban J connectivity index is 2.73. The van der Waals surface area contributed by atoms with E-state index in [2.05, 4.69) is 0 Å². The van der Waals surface area contributed by atoms with Gasteiger partial charge in [0.25, 0.3) is 0 Å². The molecule has 0 spiro atoms. The fraction of sp³-hybridized carbons (Fsp3) is 0.364. The van der Waals surface area contributed by atoms with E-state index < -0.39 is 0 Å². The molecule has 0 aliphatic rings. The number of Topliss-reactive ketones (excluding diaryl/α,β-unsaturated/α-hetero) is 1. The quantitative estimate of drug-likeness (QED) is 0.532. The van der Waals surface area contributed by atoms with Crippen LogP contribution in [0.25, 0.3) is 0 Å². The van der Waals surface area contributed by atoms with Crippen molar-refractivity contribution in [3.05, 3.63) is 29.8 Å². The van der Waals surface area contributed by atoms with Crippen LogP contribution in [0.1, 0.15) is 23.7 Å². The van der Waals surface area contributed by atoms with Gasteiger partial charge in [-0.05, 0) is 12.1 Å². The zero-order valence-electron chi connectivity index (χ0n) is 8.45. The summed E-state index contributed by atoms with van der Waals surface area (Å²) < 4.78 is 9.98. The summed E-state index contributed by atoms with van der Waals surface area (Å²) in [5, 5.41) is 0. The summed E-state index contributed by atoms with van der Waals surface area (Å²) in [6.07, 6.45) is 0.508. The molecule has 0 unspecified atom stereocenters. The lowest BCUT2D eigenvalue weighted by Crippen LogP contribution is -2.01. The lowest BCUT2D eigenvalue weighted by molar-refractivity contribution is 0.0510. The highest BCUT2D eigenvalue weighted by molar-refractivity contribution is 5.96. The van der Waals surface area contributed by atoms with Gasteiger partial charge in [0.15, 0.2) is 12.6 Å². The lowest BCUT2D eigenvalue weighted by Gasteiger charge is -2.05. The van der Waals surface area contributed by atoms with E-state index in [0.717, 1.165) is 0 Å². The minimum Gasteiger partial charge on any atom is -0.468 e. The number of methoxy groups -OCH3 is 1. The van der Waals surface area contributed by atoms with Gasteiger partial charge in [-0.15, -0.1) is 0 Å². The van der Waals surface area contributed by atoms with Crippen LogP contribution < -0.4 is 4.74 Å². The maximum Gasteiger partial charge on any atom is 0.188 e. The van der Waals surface area contributed by atoms with Gasteiger partial charge in [0.2, 0.25) is 0 Å². The average molecular weight is 194 g/mol. The Morgan fingerprint density at radius 1 is 1.43 bits per heavy atom. The van der Waals surface area contributed by atoms with E-state index >= 15 is 0 Å². The third kappa shape index (κ3) is 2.85. The molecule has 0 atom stereocenters. The highest BCUT2D eigenvalue weighted by Crippen LogP contribution is 2.14. The summed E-state index contributed by atoms with van der Waals surface area (Å²) in [7, 11) is 1.56. The monoisotopic (exact) mass is 194 g/mol. The predicted octanol–water partition coefficient (Wildman–Crippen LogP) is 2.26. The first-order valence-corrected chi connectivity index (χ1v) is 4.53. The van der Waals surface area contributed by atoms with E-state index in [9.17, 15) is 4.79 Å². The second kappa shape index (κ2) is 5.40. The van der Waals surface area contributed by atoms with Crippen molar-refractivity contribution in [2.75, 3.05) is 13.9 Å². The van der Waals surface area contributed by atoms with Gasteiger partial charge in [0.05, 0.1) is 0 Å². The number of rotatable bonds is 5. The molecule has 0 heterocycles. The number of hydrogen-bond donors (Lipinski definition) is 0. The molecule has 0 N–H and O–H groups in total. The summed E-state index contributed by atoms with van der Waals surface area (Å²) in [5.74, 6) is 0.777. The molecular weight excluding hydrogens is 180 g/mol. The molecule has 3 heteroatoms. The molecule has 3 nitrogen and oxygen atoms in total. The van der Waals surface area contributed by atoms with Crippen molar-refractivity contribution in [2.24, 2.45) is 0 Å². The minimum atomic E-state index is 0.118. The van der Waals surface area contributed by atoms with Gasteiger partial charge in [-0.1, -0.05) is 19.1 Å². The second-order valence-corrected chi connectivity index (χ2v) is 2.86. The van der Waals surface area contributed by atoms with Crippen LogP contribution in [0.15, 0.2) is 24.3 Å². The van der Waals surface area contributed by atoms with Gasteiger partial charge in [0, 0.05) is 19.1 Å². The van der Waals surface area contributed by atoms with E-state index in [0.29, 0.717) is 17.7 Å². The van der Waals surface area contributed by atoms with E-state index in [1.807, 2.05) is 6.92 Å². The van der Waals surface area contributed by atoms with Crippen LogP contribution in [0.4, 0.5) is 0 Å². The van der Waals surface area contributed by atoms with E-state index in [1.165, 1.54) is 0 Å². The van der Waals surface area contributed by atoms with Crippen LogP contribution in [0.2, 0.25) is 0 Å². The molecule has 1 aromatic rings. The van der Waals surface area contributed by atoms with Crippen molar-refractivity contribution >= 4 is 5.78 Å². The molecule has 0 aromatic heterocycles. The second-order valence-electron chi connectivity index (χ2n) is 2.86. The molecule has 1 rings (SSSR count). The Hall–Kier alpha value is -1.35. The highest BCUT2D eigenvalue weighted by Gasteiger charge is 2.03. The third-order valence-corrected chi connectivity index (χ3v) is 1.82. The molecule has 14 heavy (non-hydrogen) atoms. The van der Waals surface area contributed by atoms with Crippen molar-refractivity contribution in [1.29, 1.82) is 0 Å². The first-order valence-electron chi connectivity index (χ1n) is 4.53. The Morgan fingerprint density at radius 2 is 2.21 bits per heavy atom. The molecule has 0 aliphatic carbocycles. The van der Waals surface area contributed by atoms with Crippen molar-refractivity contribution in [1.82, 2.24) is 0 Å². The molecule has 0 aliphatic heterocycles. The number of hydrogen-bond acceptors (Lipinski definition) is 3. The highest BCUT2D eigenvalue weighted by atomic mass is 16.7. The van der Waals surface area contributed by atoms with E-state index in [-0.39, 0.29) is 12.6 Å². The maximum atomic E-state index is 11.4. The van der Waals surface area contributed by atoms with Gasteiger partial charge in [-0.2, -0.15) is 0 Å². The normalized spacial score (nSPS) is 9.86. The predicted molar refractivity (Wildman–Crippen MR) is 53.6 cm³/mol. The van der Waals surface area contributed by atoms with Crippen molar-refractivity contribution in [2.45, 2.75) is 13.3 Å². The SMILES string of the molecule is CCC(=O)c1cccc(OCOC)c1. The number of ether oxygens (including phenoxy) is 2. The van der Waals surface area contributed by atoms with E-state index in [1.54, 1.807) is 31.4 Å². The molecule has 0 radical (unpaired) electrons. The van der Waals surface area contributed by atoms with Crippen molar-refractivity contribution in [3.8, 4) is 5.75 Å². The first-order chi connectivity index (χ1) is 6.77. The smallest absolute Gasteiger partial charge is 0.188 e. The van der Waals surface area contributed by atoms with Crippen molar-refractivity contribution in [3.63, 3.8) is 0 Å². The fourth-order valence-corrected chi connectivity index (χ4v) is 1.09. The summed E-state index contributed by atoms with van der Waals surface area (Å²) in [5.41, 5.74) is 0.682. The Morgan fingerprint density at radius 3 is 2.86 bits per heavy atom. The van der Waals surface area contributed by atoms with Gasteiger partial charge in [0.1, 0.15) is 5.75 Å². The molecule has 0 fully saturated rings. The fourth-order valence-electron chi connectivity index (χ4n) is 1.09. The van der Waals surface area contributed by atoms with Gasteiger partial charge < -0.3 is 9.47 Å². The number of carbonyl (C=O) groups is 1. The standard InChI is InChI=1S/C11H14O3/c1-3-11(12)9-5-4-6-10(7-9)14-8-13-2/h4-7H,3,8H2,1-2H3. The molecule has 0 saturated heterocycles. The summed E-state index contributed by atoms with van der Waals surface area (Å²) in [4.78, 5) is 11.4. The molecule has 0 saturated carbocycles. The van der Waals surface area contributed by atoms with Crippen LogP contribution in [-0.2, 0) is 4.74 Å².